The zero-order chi connectivity index (χ0) is 43.7. The highest BCUT2D eigenvalue weighted by molar-refractivity contribution is 5.96. The lowest BCUT2D eigenvalue weighted by Gasteiger charge is -2.39. The molecular formula is C42H69N5O10. The van der Waals surface area contributed by atoms with Gasteiger partial charge in [-0.1, -0.05) is 55.4 Å². The summed E-state index contributed by atoms with van der Waals surface area (Å²) in [5, 5.41) is 16.2. The van der Waals surface area contributed by atoms with E-state index in [1.54, 1.807) is 62.3 Å². The quantitative estimate of drug-likeness (QED) is 0.178. The van der Waals surface area contributed by atoms with Crippen molar-refractivity contribution in [2.75, 3.05) is 20.6 Å². The number of carbonyl (C=O) groups is 7. The van der Waals surface area contributed by atoms with E-state index < -0.39 is 119 Å². The average Bonchev–Trinajstić information content (AvgIpc) is 3.62. The largest absolute Gasteiger partial charge is 0.460 e. The molecule has 2 heterocycles. The van der Waals surface area contributed by atoms with Gasteiger partial charge in [0.1, 0.15) is 30.3 Å². The van der Waals surface area contributed by atoms with E-state index >= 15 is 0 Å². The number of likely N-dealkylation sites (N-methyl/N-ethyl adjacent to an activating group) is 2. The molecule has 0 radical (unpaired) electrons. The number of esters is 2. The second-order valence-electron chi connectivity index (χ2n) is 17.4. The number of hydrogen-bond acceptors (Lipinski definition) is 10. The Labute approximate surface area is 339 Å². The maximum absolute atomic E-state index is 14.4. The van der Waals surface area contributed by atoms with Gasteiger partial charge in [-0.25, -0.2) is 9.59 Å². The van der Waals surface area contributed by atoms with Crippen LogP contribution in [0.15, 0.2) is 0 Å². The number of cyclic esters (lactones) is 2. The van der Waals surface area contributed by atoms with Crippen LogP contribution in [0.5, 0.6) is 0 Å². The Bertz CT molecular complexity index is 1500. The Hall–Kier alpha value is -4.19. The molecule has 0 aliphatic carbocycles. The molecule has 57 heavy (non-hydrogen) atoms. The van der Waals surface area contributed by atoms with Crippen LogP contribution in [-0.4, -0.2) is 130 Å². The van der Waals surface area contributed by atoms with E-state index in [0.717, 1.165) is 0 Å². The predicted octanol–water partition coefficient (Wildman–Crippen LogP) is 2.66. The maximum Gasteiger partial charge on any atom is 0.331 e. The highest BCUT2D eigenvalue weighted by Gasteiger charge is 2.47. The van der Waals surface area contributed by atoms with Crippen molar-refractivity contribution in [1.29, 1.82) is 0 Å². The van der Waals surface area contributed by atoms with Crippen LogP contribution in [0.2, 0.25) is 0 Å². The van der Waals surface area contributed by atoms with Crippen molar-refractivity contribution in [2.45, 2.75) is 163 Å². The number of amides is 5. The fourth-order valence-corrected chi connectivity index (χ4v) is 7.57. The number of ether oxygens (including phenoxy) is 2. The van der Waals surface area contributed by atoms with Crippen molar-refractivity contribution in [3.05, 3.63) is 0 Å². The van der Waals surface area contributed by atoms with Crippen LogP contribution in [0, 0.1) is 41.4 Å². The highest BCUT2D eigenvalue weighted by Crippen LogP contribution is 2.31. The molecule has 0 bridgehead atoms. The Morgan fingerprint density at radius 2 is 1.39 bits per heavy atom. The molecule has 15 heteroatoms. The first kappa shape index (κ1) is 49.0. The van der Waals surface area contributed by atoms with Gasteiger partial charge < -0.3 is 39.9 Å². The van der Waals surface area contributed by atoms with Gasteiger partial charge in [0.25, 0.3) is 5.91 Å². The summed E-state index contributed by atoms with van der Waals surface area (Å²) in [6.07, 6.45) is 3.72. The van der Waals surface area contributed by atoms with Gasteiger partial charge in [0.15, 0.2) is 12.1 Å². The van der Waals surface area contributed by atoms with E-state index in [1.165, 1.54) is 35.7 Å². The number of rotatable bonds is 9. The van der Waals surface area contributed by atoms with Crippen LogP contribution in [0.4, 0.5) is 0 Å². The molecule has 15 nitrogen and oxygen atoms in total. The van der Waals surface area contributed by atoms with Crippen LogP contribution >= 0.6 is 0 Å². The number of hydrogen-bond donors (Lipinski definition) is 3. The van der Waals surface area contributed by atoms with Gasteiger partial charge in [-0.3, -0.25) is 24.0 Å². The third kappa shape index (κ3) is 11.7. The predicted molar refractivity (Wildman–Crippen MR) is 214 cm³/mol. The standard InChI is InChI=1S/C42H69N5O10/c1-15-17-18-21-29-42(11,12)41(55)44-30(23(3)4)37(51)46(14)33(25(7)8)40(54)57-34(26(9)16-2)38(52)47-22-19-20-28(47)36(50)45(13)32(24(5)6)35(49)43-31(27(10)48)39(53)56-29/h1,23-34,48H,16-22H2,2-14H3,(H,43,49)(H,44,55). The first-order valence-corrected chi connectivity index (χ1v) is 20.4. The van der Waals surface area contributed by atoms with Crippen molar-refractivity contribution in [3.8, 4) is 12.3 Å². The summed E-state index contributed by atoms with van der Waals surface area (Å²) in [5.41, 5.74) is -1.47. The molecule has 2 rings (SSSR count). The maximum atomic E-state index is 14.4. The lowest BCUT2D eigenvalue weighted by molar-refractivity contribution is -0.172. The first-order valence-electron chi connectivity index (χ1n) is 20.4. The van der Waals surface area contributed by atoms with Gasteiger partial charge in [-0.2, -0.15) is 0 Å². The molecule has 0 aromatic carbocycles. The van der Waals surface area contributed by atoms with Crippen molar-refractivity contribution in [2.24, 2.45) is 29.1 Å². The Balaban J connectivity index is 2.83. The molecular weight excluding hydrogens is 734 g/mol. The number of fused-ring (bicyclic) bond motifs is 1. The van der Waals surface area contributed by atoms with Gasteiger partial charge in [0.2, 0.25) is 23.6 Å². The number of aliphatic hydroxyl groups excluding tert-OH is 1. The van der Waals surface area contributed by atoms with E-state index in [2.05, 4.69) is 16.6 Å². The second-order valence-corrected chi connectivity index (χ2v) is 17.4. The van der Waals surface area contributed by atoms with Gasteiger partial charge in [0, 0.05) is 33.0 Å². The Kier molecular flexibility index (Phi) is 18.0. The minimum absolute atomic E-state index is 0.137. The SMILES string of the molecule is C#CCCCC1OC(=O)C(C(C)O)NC(=O)C(C(C)C)N(C)C(=O)C2CCCN2C(=O)C(C(C)CC)OC(=O)C(C(C)C)N(C)C(=O)C(C(C)C)NC(=O)C1(C)C. The van der Waals surface area contributed by atoms with Crippen molar-refractivity contribution >= 4 is 41.5 Å². The summed E-state index contributed by atoms with van der Waals surface area (Å²) < 4.78 is 12.0. The number of terminal acetylenes is 1. The van der Waals surface area contributed by atoms with Gasteiger partial charge in [0.05, 0.1) is 11.5 Å². The molecule has 2 saturated heterocycles. The Morgan fingerprint density at radius 3 is 1.89 bits per heavy atom. The van der Waals surface area contributed by atoms with E-state index in [1.807, 2.05) is 6.92 Å². The summed E-state index contributed by atoms with van der Waals surface area (Å²) in [6, 6.07) is -5.97. The van der Waals surface area contributed by atoms with E-state index in [-0.39, 0.29) is 13.0 Å². The van der Waals surface area contributed by atoms with Gasteiger partial charge in [-0.05, 0) is 70.6 Å². The lowest BCUT2D eigenvalue weighted by Crippen LogP contribution is -2.61. The van der Waals surface area contributed by atoms with E-state index in [4.69, 9.17) is 15.9 Å². The fourth-order valence-electron chi connectivity index (χ4n) is 7.57. The van der Waals surface area contributed by atoms with Crippen LogP contribution < -0.4 is 10.6 Å². The van der Waals surface area contributed by atoms with Crippen molar-refractivity contribution < 1.29 is 48.1 Å². The van der Waals surface area contributed by atoms with Gasteiger partial charge in [-0.15, -0.1) is 12.3 Å². The summed E-state index contributed by atoms with van der Waals surface area (Å²) in [4.78, 5) is 103. The summed E-state index contributed by atoms with van der Waals surface area (Å²) in [6.45, 7) is 18.7. The third-order valence-corrected chi connectivity index (χ3v) is 11.5. The number of carbonyl (C=O) groups excluding carboxylic acids is 7. The second kappa shape index (κ2) is 21.0. The zero-order valence-electron chi connectivity index (χ0n) is 36.4. The molecule has 322 valence electrons. The first-order chi connectivity index (χ1) is 26.4. The number of nitrogens with one attached hydrogen (secondary N) is 2. The summed E-state index contributed by atoms with van der Waals surface area (Å²) >= 11 is 0. The monoisotopic (exact) mass is 804 g/mol. The molecule has 2 aliphatic heterocycles. The minimum atomic E-state index is -1.59. The molecule has 2 aliphatic rings. The van der Waals surface area contributed by atoms with Gasteiger partial charge >= 0.3 is 11.9 Å². The van der Waals surface area contributed by atoms with Crippen LogP contribution in [0.25, 0.3) is 0 Å². The van der Waals surface area contributed by atoms with Crippen molar-refractivity contribution in [3.63, 3.8) is 0 Å². The minimum Gasteiger partial charge on any atom is -0.460 e. The Morgan fingerprint density at radius 1 is 0.807 bits per heavy atom. The molecule has 9 atom stereocenters. The third-order valence-electron chi connectivity index (χ3n) is 11.5. The van der Waals surface area contributed by atoms with Crippen LogP contribution in [0.3, 0.4) is 0 Å². The molecule has 0 aromatic heterocycles. The molecule has 3 N–H and O–H groups in total. The molecule has 0 saturated carbocycles. The topological polar surface area (TPSA) is 192 Å². The molecule has 5 amide bonds. The molecule has 0 spiro atoms. The number of unbranched alkanes of at least 4 members (excludes halogenated alkanes) is 1. The van der Waals surface area contributed by atoms with Crippen molar-refractivity contribution in [1.82, 2.24) is 25.3 Å². The molecule has 0 aromatic rings. The zero-order valence-corrected chi connectivity index (χ0v) is 36.4. The fraction of sp³-hybridized carbons (Fsp3) is 0.786. The molecule has 2 fully saturated rings. The number of nitrogens with zero attached hydrogens (tertiary/aromatic N) is 3. The molecule has 9 unspecified atom stereocenters. The van der Waals surface area contributed by atoms with Crippen LogP contribution in [0.1, 0.15) is 115 Å². The lowest BCUT2D eigenvalue weighted by atomic mass is 9.82. The normalized spacial score (nSPS) is 28.9. The van der Waals surface area contributed by atoms with E-state index in [9.17, 15) is 38.7 Å². The summed E-state index contributed by atoms with van der Waals surface area (Å²) in [7, 11) is 2.89. The smallest absolute Gasteiger partial charge is 0.331 e. The average molecular weight is 804 g/mol. The number of aliphatic hydroxyl groups is 1. The van der Waals surface area contributed by atoms with Crippen LogP contribution in [-0.2, 0) is 43.0 Å². The summed E-state index contributed by atoms with van der Waals surface area (Å²) in [5.74, 6) is -4.18. The van der Waals surface area contributed by atoms with E-state index in [0.29, 0.717) is 32.1 Å². The highest BCUT2D eigenvalue weighted by atomic mass is 16.6.